The molecule has 1 aromatic carbocycles. The van der Waals surface area contributed by atoms with Gasteiger partial charge in [0.15, 0.2) is 11.7 Å². The minimum absolute atomic E-state index is 0.185. The van der Waals surface area contributed by atoms with Gasteiger partial charge >= 0.3 is 6.18 Å². The third-order valence-corrected chi connectivity index (χ3v) is 5.10. The molecule has 2 aromatic rings. The number of ether oxygens (including phenoxy) is 2. The molecule has 1 atom stereocenters. The van der Waals surface area contributed by atoms with Crippen LogP contribution in [0.1, 0.15) is 47.8 Å². The summed E-state index contributed by atoms with van der Waals surface area (Å²) < 4.78 is 63.1. The number of aliphatic imine (C=N–C) groups is 1. The van der Waals surface area contributed by atoms with Crippen molar-refractivity contribution in [3.05, 3.63) is 65.1 Å². The van der Waals surface area contributed by atoms with E-state index in [0.29, 0.717) is 35.8 Å². The summed E-state index contributed by atoms with van der Waals surface area (Å²) in [4.78, 5) is 22.3. The highest BCUT2D eigenvalue weighted by Gasteiger charge is 2.32. The first-order valence-electron chi connectivity index (χ1n) is 10.5. The Morgan fingerprint density at radius 1 is 1.32 bits per heavy atom. The number of hydrogen-bond donors (Lipinski definition) is 0. The van der Waals surface area contributed by atoms with Crippen LogP contribution in [0.25, 0.3) is 5.76 Å². The van der Waals surface area contributed by atoms with E-state index in [9.17, 15) is 22.4 Å². The van der Waals surface area contributed by atoms with Crippen molar-refractivity contribution in [2.75, 3.05) is 20.2 Å². The van der Waals surface area contributed by atoms with Gasteiger partial charge in [-0.15, -0.1) is 0 Å². The Kier molecular flexibility index (Phi) is 8.78. The number of rotatable bonds is 8. The molecule has 0 N–H and O–H groups in total. The van der Waals surface area contributed by atoms with Gasteiger partial charge in [0.05, 0.1) is 17.2 Å². The number of nitrogens with zero attached hydrogens (tertiary/aromatic N) is 3. The second kappa shape index (κ2) is 11.1. The Hall–Kier alpha value is -3.43. The molecule has 0 unspecified atom stereocenters. The standard InChI is InChI=1S/C24H27F4N3O3/c1-7-31(15(3)13-33-22-20(25)11-18(12-30-22)24(26,27)28)23(32)19-10-8-9-14(2)21(19)16(4)34-17(5)29-6/h8-12,15H,4,7,13H2,1-3,5-6H3/t15-/m0/s1. The van der Waals surface area contributed by atoms with Crippen LogP contribution in [-0.2, 0) is 10.9 Å². The van der Waals surface area contributed by atoms with E-state index in [1.54, 1.807) is 40.0 Å². The van der Waals surface area contributed by atoms with Gasteiger partial charge in [-0.3, -0.25) is 9.79 Å². The first-order valence-corrected chi connectivity index (χ1v) is 10.5. The Labute approximate surface area is 195 Å². The Bertz CT molecular complexity index is 1080. The van der Waals surface area contributed by atoms with Gasteiger partial charge in [-0.2, -0.15) is 13.2 Å². The number of benzene rings is 1. The van der Waals surface area contributed by atoms with Gasteiger partial charge in [0, 0.05) is 32.3 Å². The molecule has 1 aromatic heterocycles. The van der Waals surface area contributed by atoms with Crippen molar-refractivity contribution in [2.24, 2.45) is 4.99 Å². The van der Waals surface area contributed by atoms with Crippen LogP contribution in [-0.4, -0.2) is 47.9 Å². The van der Waals surface area contributed by atoms with Crippen molar-refractivity contribution >= 4 is 17.6 Å². The smallest absolute Gasteiger partial charge is 0.417 e. The van der Waals surface area contributed by atoms with Crippen molar-refractivity contribution in [2.45, 2.75) is 39.9 Å². The van der Waals surface area contributed by atoms with Crippen LogP contribution < -0.4 is 4.74 Å². The fourth-order valence-corrected chi connectivity index (χ4v) is 3.28. The van der Waals surface area contributed by atoms with Crippen molar-refractivity contribution in [3.8, 4) is 5.88 Å². The lowest BCUT2D eigenvalue weighted by atomic mass is 9.99. The van der Waals surface area contributed by atoms with Crippen LogP contribution in [0, 0.1) is 12.7 Å². The monoisotopic (exact) mass is 481 g/mol. The molecule has 1 amide bonds. The molecule has 2 rings (SSSR count). The van der Waals surface area contributed by atoms with E-state index >= 15 is 0 Å². The maximum atomic E-state index is 14.1. The summed E-state index contributed by atoms with van der Waals surface area (Å²) in [5.74, 6) is -1.50. The maximum Gasteiger partial charge on any atom is 0.417 e. The minimum atomic E-state index is -4.72. The first kappa shape index (κ1) is 26.8. The summed E-state index contributed by atoms with van der Waals surface area (Å²) in [6, 6.07) is 4.97. The molecule has 184 valence electrons. The second-order valence-corrected chi connectivity index (χ2v) is 7.53. The summed E-state index contributed by atoms with van der Waals surface area (Å²) in [5, 5.41) is 0. The Balaban J connectivity index is 2.23. The zero-order valence-electron chi connectivity index (χ0n) is 19.7. The van der Waals surface area contributed by atoms with Gasteiger partial charge in [-0.25, -0.2) is 9.37 Å². The molecule has 0 aliphatic carbocycles. The molecule has 1 heterocycles. The van der Waals surface area contributed by atoms with E-state index in [2.05, 4.69) is 16.6 Å². The Morgan fingerprint density at radius 2 is 2.00 bits per heavy atom. The molecule has 0 radical (unpaired) electrons. The summed E-state index contributed by atoms with van der Waals surface area (Å²) in [6.07, 6.45) is -4.22. The van der Waals surface area contributed by atoms with Gasteiger partial charge in [0.2, 0.25) is 5.88 Å². The van der Waals surface area contributed by atoms with Gasteiger partial charge < -0.3 is 14.4 Å². The number of halogens is 4. The third kappa shape index (κ3) is 6.33. The highest BCUT2D eigenvalue weighted by molar-refractivity contribution is 6.00. The molecule has 0 saturated heterocycles. The predicted molar refractivity (Wildman–Crippen MR) is 121 cm³/mol. The van der Waals surface area contributed by atoms with Gasteiger partial charge in [-0.1, -0.05) is 18.7 Å². The van der Waals surface area contributed by atoms with E-state index in [4.69, 9.17) is 9.47 Å². The first-order chi connectivity index (χ1) is 15.9. The van der Waals surface area contributed by atoms with E-state index in [1.165, 1.54) is 4.90 Å². The van der Waals surface area contributed by atoms with Crippen molar-refractivity contribution in [1.29, 1.82) is 0 Å². The number of likely N-dealkylation sites (N-methyl/N-ethyl adjacent to an activating group) is 1. The SMILES string of the molecule is C=C(OC(C)=NC)c1c(C)cccc1C(=O)N(CC)[C@@H](C)COc1ncc(C(F)(F)F)cc1F. The van der Waals surface area contributed by atoms with Crippen molar-refractivity contribution in [3.63, 3.8) is 0 Å². The Morgan fingerprint density at radius 3 is 2.56 bits per heavy atom. The normalized spacial score (nSPS) is 12.8. The molecular weight excluding hydrogens is 454 g/mol. The summed E-state index contributed by atoms with van der Waals surface area (Å²) in [7, 11) is 1.57. The van der Waals surface area contributed by atoms with Crippen LogP contribution in [0.15, 0.2) is 42.0 Å². The van der Waals surface area contributed by atoms with Crippen LogP contribution in [0.3, 0.4) is 0 Å². The number of pyridine rings is 1. The summed E-state index contributed by atoms with van der Waals surface area (Å²) in [5.41, 5.74) is 0.434. The largest absolute Gasteiger partial charge is 0.473 e. The number of carbonyl (C=O) groups excluding carboxylic acids is 1. The number of aryl methyl sites for hydroxylation is 1. The third-order valence-electron chi connectivity index (χ3n) is 5.10. The van der Waals surface area contributed by atoms with E-state index in [0.717, 1.165) is 5.56 Å². The highest BCUT2D eigenvalue weighted by atomic mass is 19.4. The van der Waals surface area contributed by atoms with E-state index < -0.39 is 29.5 Å². The van der Waals surface area contributed by atoms with E-state index in [1.807, 2.05) is 13.0 Å². The number of alkyl halides is 3. The lowest BCUT2D eigenvalue weighted by molar-refractivity contribution is -0.138. The predicted octanol–water partition coefficient (Wildman–Crippen LogP) is 5.51. The average molecular weight is 481 g/mol. The zero-order valence-corrected chi connectivity index (χ0v) is 19.7. The molecule has 0 fully saturated rings. The number of amides is 1. The molecule has 34 heavy (non-hydrogen) atoms. The van der Waals surface area contributed by atoms with E-state index in [-0.39, 0.29) is 18.3 Å². The molecule has 0 aliphatic heterocycles. The highest BCUT2D eigenvalue weighted by Crippen LogP contribution is 2.31. The number of aromatic nitrogens is 1. The quantitative estimate of drug-likeness (QED) is 0.216. The molecule has 6 nitrogen and oxygen atoms in total. The van der Waals surface area contributed by atoms with Gasteiger partial charge in [-0.05, 0) is 38.5 Å². The van der Waals surface area contributed by atoms with Gasteiger partial charge in [0.25, 0.3) is 5.91 Å². The van der Waals surface area contributed by atoms with Crippen molar-refractivity contribution in [1.82, 2.24) is 9.88 Å². The summed E-state index contributed by atoms with van der Waals surface area (Å²) >= 11 is 0. The zero-order chi connectivity index (χ0) is 25.6. The molecule has 0 bridgehead atoms. The van der Waals surface area contributed by atoms with Crippen LogP contribution in [0.4, 0.5) is 17.6 Å². The number of hydrogen-bond acceptors (Lipinski definition) is 5. The van der Waals surface area contributed by atoms with Gasteiger partial charge in [0.1, 0.15) is 12.4 Å². The van der Waals surface area contributed by atoms with Crippen molar-refractivity contribution < 1.29 is 31.8 Å². The van der Waals surface area contributed by atoms with Crippen LogP contribution in [0.2, 0.25) is 0 Å². The average Bonchev–Trinajstić information content (AvgIpc) is 2.77. The fraction of sp³-hybridized carbons (Fsp3) is 0.375. The molecular formula is C24H27F4N3O3. The number of carbonyl (C=O) groups is 1. The maximum absolute atomic E-state index is 14.1. The lowest BCUT2D eigenvalue weighted by Crippen LogP contribution is -2.42. The summed E-state index contributed by atoms with van der Waals surface area (Å²) in [6.45, 7) is 11.0. The molecule has 10 heteroatoms. The molecule has 0 spiro atoms. The molecule has 0 aliphatic rings. The lowest BCUT2D eigenvalue weighted by Gasteiger charge is -2.29. The minimum Gasteiger partial charge on any atom is -0.473 e. The fourth-order valence-electron chi connectivity index (χ4n) is 3.28. The molecule has 0 saturated carbocycles. The van der Waals surface area contributed by atoms with Crippen LogP contribution >= 0.6 is 0 Å². The topological polar surface area (TPSA) is 64.0 Å². The van der Waals surface area contributed by atoms with Crippen LogP contribution in [0.5, 0.6) is 5.88 Å². The second-order valence-electron chi connectivity index (χ2n) is 7.53.